The molecule has 0 spiro atoms. The van der Waals surface area contributed by atoms with E-state index in [4.69, 9.17) is 4.98 Å². The highest BCUT2D eigenvalue weighted by Gasteiger charge is 2.23. The smallest absolute Gasteiger partial charge is 0.180 e. The molecular formula is C22H24N4. The molecule has 1 aliphatic heterocycles. The van der Waals surface area contributed by atoms with Crippen molar-refractivity contribution in [1.82, 2.24) is 15.0 Å². The zero-order chi connectivity index (χ0) is 17.9. The Kier molecular flexibility index (Phi) is 4.65. The van der Waals surface area contributed by atoms with Gasteiger partial charge in [-0.15, -0.1) is 0 Å². The second-order valence-electron chi connectivity index (χ2n) is 6.97. The van der Waals surface area contributed by atoms with Crippen LogP contribution in [0, 0.1) is 13.8 Å². The molecule has 3 heterocycles. The molecule has 4 nitrogen and oxygen atoms in total. The molecule has 1 fully saturated rings. The predicted octanol–water partition coefficient (Wildman–Crippen LogP) is 4.54. The molecule has 0 amide bonds. The fourth-order valence-electron chi connectivity index (χ4n) is 3.68. The Balaban J connectivity index is 1.58. The highest BCUT2D eigenvalue weighted by molar-refractivity contribution is 5.57. The molecule has 3 aromatic rings. The maximum atomic E-state index is 4.88. The second-order valence-corrected chi connectivity index (χ2v) is 6.97. The molecule has 132 valence electrons. The van der Waals surface area contributed by atoms with E-state index in [1.807, 2.05) is 18.2 Å². The van der Waals surface area contributed by atoms with E-state index in [0.29, 0.717) is 11.7 Å². The predicted molar refractivity (Wildman–Crippen MR) is 105 cm³/mol. The van der Waals surface area contributed by atoms with Gasteiger partial charge in [0.15, 0.2) is 5.82 Å². The lowest BCUT2D eigenvalue weighted by atomic mass is 9.89. The van der Waals surface area contributed by atoms with Crippen molar-refractivity contribution in [1.29, 1.82) is 0 Å². The van der Waals surface area contributed by atoms with Crippen LogP contribution in [0.3, 0.4) is 0 Å². The number of aromatic nitrogens is 3. The Morgan fingerprint density at radius 3 is 2.31 bits per heavy atom. The maximum Gasteiger partial charge on any atom is 0.180 e. The molecule has 4 heteroatoms. The highest BCUT2D eigenvalue weighted by atomic mass is 15.2. The minimum atomic E-state index is 0.644. The first-order valence-electron chi connectivity index (χ1n) is 9.29. The third kappa shape index (κ3) is 3.32. The normalized spacial score (nSPS) is 15.2. The molecular weight excluding hydrogens is 320 g/mol. The summed E-state index contributed by atoms with van der Waals surface area (Å²) in [4.78, 5) is 16.4. The Morgan fingerprint density at radius 2 is 1.62 bits per heavy atom. The first kappa shape index (κ1) is 16.7. The minimum absolute atomic E-state index is 0.644. The summed E-state index contributed by atoms with van der Waals surface area (Å²) >= 11 is 0. The van der Waals surface area contributed by atoms with Crippen LogP contribution in [0.1, 0.15) is 35.6 Å². The van der Waals surface area contributed by atoms with Crippen LogP contribution in [0.5, 0.6) is 0 Å². The molecule has 1 aliphatic rings. The standard InChI is InChI=1S/C22H24N4/c1-16-17(2)24-21(20-10-6-7-13-23-20)25-22(16)26-14-11-19(12-15-26)18-8-4-3-5-9-18/h3-10,13,19H,11-12,14-15H2,1-2H3. The monoisotopic (exact) mass is 344 g/mol. The number of aryl methyl sites for hydroxylation is 1. The SMILES string of the molecule is Cc1nc(-c2ccccn2)nc(N2CCC(c3ccccc3)CC2)c1C. The fraction of sp³-hybridized carbons (Fsp3) is 0.318. The molecule has 0 N–H and O–H groups in total. The van der Waals surface area contributed by atoms with Crippen LogP contribution in [0.15, 0.2) is 54.7 Å². The van der Waals surface area contributed by atoms with E-state index in [-0.39, 0.29) is 0 Å². The number of hydrogen-bond donors (Lipinski definition) is 0. The van der Waals surface area contributed by atoms with Crippen molar-refractivity contribution in [2.24, 2.45) is 0 Å². The Hall–Kier alpha value is -2.75. The molecule has 0 saturated carbocycles. The van der Waals surface area contributed by atoms with Crippen LogP contribution in [-0.2, 0) is 0 Å². The minimum Gasteiger partial charge on any atom is -0.356 e. The van der Waals surface area contributed by atoms with E-state index in [2.05, 4.69) is 59.0 Å². The fourth-order valence-corrected chi connectivity index (χ4v) is 3.68. The quantitative estimate of drug-likeness (QED) is 0.699. The van der Waals surface area contributed by atoms with Gasteiger partial charge in [-0.25, -0.2) is 9.97 Å². The molecule has 0 atom stereocenters. The van der Waals surface area contributed by atoms with Gasteiger partial charge in [0, 0.05) is 30.5 Å². The van der Waals surface area contributed by atoms with Gasteiger partial charge in [-0.2, -0.15) is 0 Å². The van der Waals surface area contributed by atoms with Crippen LogP contribution in [0.2, 0.25) is 0 Å². The summed E-state index contributed by atoms with van der Waals surface area (Å²) in [6.07, 6.45) is 4.11. The number of nitrogens with zero attached hydrogens (tertiary/aromatic N) is 4. The van der Waals surface area contributed by atoms with Gasteiger partial charge in [0.2, 0.25) is 0 Å². The lowest BCUT2D eigenvalue weighted by Crippen LogP contribution is -2.34. The molecule has 0 aliphatic carbocycles. The van der Waals surface area contributed by atoms with Crippen molar-refractivity contribution in [3.63, 3.8) is 0 Å². The third-order valence-electron chi connectivity index (χ3n) is 5.32. The molecule has 4 rings (SSSR count). The van der Waals surface area contributed by atoms with Crippen molar-refractivity contribution >= 4 is 5.82 Å². The average Bonchev–Trinajstić information content (AvgIpc) is 2.71. The van der Waals surface area contributed by atoms with Crippen LogP contribution in [-0.4, -0.2) is 28.0 Å². The number of benzene rings is 1. The zero-order valence-corrected chi connectivity index (χ0v) is 15.4. The van der Waals surface area contributed by atoms with Gasteiger partial charge in [-0.3, -0.25) is 4.98 Å². The van der Waals surface area contributed by atoms with Crippen LogP contribution < -0.4 is 4.90 Å². The number of pyridine rings is 1. The summed E-state index contributed by atoms with van der Waals surface area (Å²) in [7, 11) is 0. The number of anilines is 1. The van der Waals surface area contributed by atoms with Crippen LogP contribution in [0.4, 0.5) is 5.82 Å². The van der Waals surface area contributed by atoms with E-state index >= 15 is 0 Å². The Labute approximate surface area is 155 Å². The average molecular weight is 344 g/mol. The largest absolute Gasteiger partial charge is 0.356 e. The van der Waals surface area contributed by atoms with E-state index in [1.54, 1.807) is 6.20 Å². The second kappa shape index (κ2) is 7.24. The van der Waals surface area contributed by atoms with Crippen molar-refractivity contribution in [2.75, 3.05) is 18.0 Å². The molecule has 0 bridgehead atoms. The Morgan fingerprint density at radius 1 is 0.885 bits per heavy atom. The molecule has 0 unspecified atom stereocenters. The van der Waals surface area contributed by atoms with Crippen molar-refractivity contribution in [3.05, 3.63) is 71.5 Å². The van der Waals surface area contributed by atoms with E-state index in [1.165, 1.54) is 11.1 Å². The number of hydrogen-bond acceptors (Lipinski definition) is 4. The van der Waals surface area contributed by atoms with Crippen molar-refractivity contribution < 1.29 is 0 Å². The highest BCUT2D eigenvalue weighted by Crippen LogP contribution is 2.32. The maximum absolute atomic E-state index is 4.88. The van der Waals surface area contributed by atoms with Gasteiger partial charge in [0.25, 0.3) is 0 Å². The van der Waals surface area contributed by atoms with Crippen molar-refractivity contribution in [2.45, 2.75) is 32.6 Å². The topological polar surface area (TPSA) is 41.9 Å². The van der Waals surface area contributed by atoms with Crippen LogP contribution in [0.25, 0.3) is 11.5 Å². The summed E-state index contributed by atoms with van der Waals surface area (Å²) < 4.78 is 0. The summed E-state index contributed by atoms with van der Waals surface area (Å²) in [6.45, 7) is 6.23. The van der Waals surface area contributed by atoms with Gasteiger partial charge in [-0.1, -0.05) is 36.4 Å². The summed E-state index contributed by atoms with van der Waals surface area (Å²) in [5, 5.41) is 0. The van der Waals surface area contributed by atoms with Gasteiger partial charge in [0.05, 0.1) is 0 Å². The van der Waals surface area contributed by atoms with Gasteiger partial charge < -0.3 is 4.90 Å². The van der Waals surface area contributed by atoms with E-state index in [0.717, 1.165) is 43.1 Å². The summed E-state index contributed by atoms with van der Waals surface area (Å²) in [5.41, 5.74) is 4.48. The first-order chi connectivity index (χ1) is 12.7. The molecule has 0 radical (unpaired) electrons. The molecule has 1 saturated heterocycles. The molecule has 26 heavy (non-hydrogen) atoms. The lowest BCUT2D eigenvalue weighted by molar-refractivity contribution is 0.502. The summed E-state index contributed by atoms with van der Waals surface area (Å²) in [6, 6.07) is 16.7. The van der Waals surface area contributed by atoms with Gasteiger partial charge in [-0.05, 0) is 50.3 Å². The first-order valence-corrected chi connectivity index (χ1v) is 9.29. The third-order valence-corrected chi connectivity index (χ3v) is 5.32. The van der Waals surface area contributed by atoms with Gasteiger partial charge >= 0.3 is 0 Å². The summed E-state index contributed by atoms with van der Waals surface area (Å²) in [5.74, 6) is 2.42. The zero-order valence-electron chi connectivity index (χ0n) is 15.4. The van der Waals surface area contributed by atoms with Crippen molar-refractivity contribution in [3.8, 4) is 11.5 Å². The van der Waals surface area contributed by atoms with E-state index < -0.39 is 0 Å². The van der Waals surface area contributed by atoms with Gasteiger partial charge in [0.1, 0.15) is 11.5 Å². The lowest BCUT2D eigenvalue weighted by Gasteiger charge is -2.34. The molecule has 1 aromatic carbocycles. The number of rotatable bonds is 3. The van der Waals surface area contributed by atoms with E-state index in [9.17, 15) is 0 Å². The van der Waals surface area contributed by atoms with Crippen LogP contribution >= 0.6 is 0 Å². The molecule has 2 aromatic heterocycles. The Bertz CT molecular complexity index is 869. The number of piperidine rings is 1.